The van der Waals surface area contributed by atoms with E-state index in [-0.39, 0.29) is 11.3 Å². The average molecular weight is 234 g/mol. The van der Waals surface area contributed by atoms with Gasteiger partial charge in [-0.1, -0.05) is 24.3 Å². The fourth-order valence-electron chi connectivity index (χ4n) is 1.36. The Bertz CT molecular complexity index is 441. The van der Waals surface area contributed by atoms with Gasteiger partial charge >= 0.3 is 0 Å². The molecular formula is C12H14N2O3. The molecule has 0 fully saturated rings. The standard InChI is InChI=1S/C12H14N2O3/c1-2-3-6-9-13-12(15)10-7-4-5-8-11(10)14(16)17/h2-5,7-8H,6,9H2,1H3,(H,13,15)/b3-2+. The maximum Gasteiger partial charge on any atom is 0.282 e. The second-order valence-electron chi connectivity index (χ2n) is 3.39. The van der Waals surface area contributed by atoms with Gasteiger partial charge in [0.05, 0.1) is 4.92 Å². The molecule has 1 amide bonds. The van der Waals surface area contributed by atoms with Crippen LogP contribution in [0.1, 0.15) is 23.7 Å². The van der Waals surface area contributed by atoms with Crippen LogP contribution in [0.25, 0.3) is 0 Å². The molecule has 0 saturated heterocycles. The van der Waals surface area contributed by atoms with Crippen LogP contribution in [0.4, 0.5) is 5.69 Å². The highest BCUT2D eigenvalue weighted by molar-refractivity contribution is 5.98. The quantitative estimate of drug-likeness (QED) is 0.367. The first-order valence-corrected chi connectivity index (χ1v) is 5.29. The topological polar surface area (TPSA) is 72.2 Å². The molecule has 0 bridgehead atoms. The second kappa shape index (κ2) is 6.42. The number of allylic oxidation sites excluding steroid dienone is 1. The first-order chi connectivity index (χ1) is 8.16. The number of para-hydroxylation sites is 1. The highest BCUT2D eigenvalue weighted by Crippen LogP contribution is 2.17. The molecule has 1 aromatic carbocycles. The molecule has 0 heterocycles. The van der Waals surface area contributed by atoms with Crippen LogP contribution >= 0.6 is 0 Å². The van der Waals surface area contributed by atoms with Gasteiger partial charge in [0.15, 0.2) is 0 Å². The summed E-state index contributed by atoms with van der Waals surface area (Å²) in [4.78, 5) is 21.9. The van der Waals surface area contributed by atoms with Crippen LogP contribution in [0.2, 0.25) is 0 Å². The average Bonchev–Trinajstić information content (AvgIpc) is 2.34. The van der Waals surface area contributed by atoms with Gasteiger partial charge in [-0.3, -0.25) is 14.9 Å². The van der Waals surface area contributed by atoms with E-state index in [1.54, 1.807) is 6.07 Å². The molecule has 90 valence electrons. The van der Waals surface area contributed by atoms with Crippen LogP contribution in [0.3, 0.4) is 0 Å². The zero-order chi connectivity index (χ0) is 12.7. The Labute approximate surface area is 99.3 Å². The molecule has 0 spiro atoms. The maximum atomic E-state index is 11.7. The number of hydrogen-bond donors (Lipinski definition) is 1. The Morgan fingerprint density at radius 2 is 2.18 bits per heavy atom. The number of rotatable bonds is 5. The molecule has 0 aromatic heterocycles. The number of nitro benzene ring substituents is 1. The molecule has 0 radical (unpaired) electrons. The fourth-order valence-corrected chi connectivity index (χ4v) is 1.36. The predicted octanol–water partition coefficient (Wildman–Crippen LogP) is 2.29. The van der Waals surface area contributed by atoms with Crippen molar-refractivity contribution < 1.29 is 9.72 Å². The van der Waals surface area contributed by atoms with Gasteiger partial charge in [0.2, 0.25) is 0 Å². The van der Waals surface area contributed by atoms with Crippen molar-refractivity contribution in [3.05, 3.63) is 52.1 Å². The number of amides is 1. The van der Waals surface area contributed by atoms with Crippen LogP contribution in [0.15, 0.2) is 36.4 Å². The van der Waals surface area contributed by atoms with Gasteiger partial charge in [-0.2, -0.15) is 0 Å². The summed E-state index contributed by atoms with van der Waals surface area (Å²) >= 11 is 0. The van der Waals surface area contributed by atoms with Crippen molar-refractivity contribution in [1.82, 2.24) is 5.32 Å². The van der Waals surface area contributed by atoms with Crippen LogP contribution in [0, 0.1) is 10.1 Å². The zero-order valence-corrected chi connectivity index (χ0v) is 9.55. The molecule has 1 aromatic rings. The molecule has 0 aliphatic carbocycles. The van der Waals surface area contributed by atoms with E-state index in [2.05, 4.69) is 5.32 Å². The highest BCUT2D eigenvalue weighted by Gasteiger charge is 2.18. The van der Waals surface area contributed by atoms with E-state index >= 15 is 0 Å². The summed E-state index contributed by atoms with van der Waals surface area (Å²) in [6.45, 7) is 2.36. The molecule has 17 heavy (non-hydrogen) atoms. The fraction of sp³-hybridized carbons (Fsp3) is 0.250. The van der Waals surface area contributed by atoms with Crippen molar-refractivity contribution in [2.24, 2.45) is 0 Å². The number of carbonyl (C=O) groups is 1. The monoisotopic (exact) mass is 234 g/mol. The first kappa shape index (κ1) is 12.9. The van der Waals surface area contributed by atoms with E-state index in [1.165, 1.54) is 18.2 Å². The first-order valence-electron chi connectivity index (χ1n) is 5.29. The Morgan fingerprint density at radius 1 is 1.47 bits per heavy atom. The van der Waals surface area contributed by atoms with E-state index in [9.17, 15) is 14.9 Å². The van der Waals surface area contributed by atoms with Crippen LogP contribution in [-0.2, 0) is 0 Å². The highest BCUT2D eigenvalue weighted by atomic mass is 16.6. The zero-order valence-electron chi connectivity index (χ0n) is 9.55. The Balaban J connectivity index is 2.71. The SMILES string of the molecule is C/C=C/CCNC(=O)c1ccccc1[N+](=O)[O-]. The maximum absolute atomic E-state index is 11.7. The van der Waals surface area contributed by atoms with Gasteiger partial charge in [0.25, 0.3) is 11.6 Å². The van der Waals surface area contributed by atoms with Gasteiger partial charge in [-0.05, 0) is 19.4 Å². The van der Waals surface area contributed by atoms with Crippen LogP contribution < -0.4 is 5.32 Å². The third-order valence-corrected chi connectivity index (χ3v) is 2.18. The molecule has 0 aliphatic rings. The lowest BCUT2D eigenvalue weighted by Crippen LogP contribution is -2.24. The summed E-state index contributed by atoms with van der Waals surface area (Å²) < 4.78 is 0. The number of nitrogens with one attached hydrogen (secondary N) is 1. The van der Waals surface area contributed by atoms with Gasteiger partial charge in [0, 0.05) is 12.6 Å². The van der Waals surface area contributed by atoms with E-state index < -0.39 is 10.8 Å². The van der Waals surface area contributed by atoms with E-state index in [4.69, 9.17) is 0 Å². The van der Waals surface area contributed by atoms with Gasteiger partial charge in [-0.15, -0.1) is 0 Å². The number of nitrogens with zero attached hydrogens (tertiary/aromatic N) is 1. The van der Waals surface area contributed by atoms with Gasteiger partial charge < -0.3 is 5.32 Å². The summed E-state index contributed by atoms with van der Waals surface area (Å²) in [5, 5.41) is 13.4. The normalized spacial score (nSPS) is 10.4. The molecule has 0 atom stereocenters. The lowest BCUT2D eigenvalue weighted by molar-refractivity contribution is -0.385. The summed E-state index contributed by atoms with van der Waals surface area (Å²) in [6.07, 6.45) is 4.51. The number of hydrogen-bond acceptors (Lipinski definition) is 3. The molecule has 0 aliphatic heterocycles. The van der Waals surface area contributed by atoms with Crippen LogP contribution in [-0.4, -0.2) is 17.4 Å². The summed E-state index contributed by atoms with van der Waals surface area (Å²) in [6, 6.07) is 5.91. The van der Waals surface area contributed by atoms with Crippen molar-refractivity contribution in [2.45, 2.75) is 13.3 Å². The minimum atomic E-state index is -0.555. The lowest BCUT2D eigenvalue weighted by atomic mass is 10.1. The summed E-state index contributed by atoms with van der Waals surface area (Å²) in [5.74, 6) is -0.415. The van der Waals surface area contributed by atoms with Crippen molar-refractivity contribution >= 4 is 11.6 Å². The number of carbonyl (C=O) groups excluding carboxylic acids is 1. The number of benzene rings is 1. The second-order valence-corrected chi connectivity index (χ2v) is 3.39. The van der Waals surface area contributed by atoms with E-state index in [1.807, 2.05) is 19.1 Å². The minimum absolute atomic E-state index is 0.0954. The minimum Gasteiger partial charge on any atom is -0.352 e. The van der Waals surface area contributed by atoms with Crippen LogP contribution in [0.5, 0.6) is 0 Å². The summed E-state index contributed by atoms with van der Waals surface area (Å²) in [5.41, 5.74) is -0.0750. The molecule has 1 rings (SSSR count). The Kier molecular flexibility index (Phi) is 4.87. The van der Waals surface area contributed by atoms with E-state index in [0.717, 1.165) is 0 Å². The summed E-state index contributed by atoms with van der Waals surface area (Å²) in [7, 11) is 0. The van der Waals surface area contributed by atoms with E-state index in [0.29, 0.717) is 13.0 Å². The number of nitro groups is 1. The molecular weight excluding hydrogens is 220 g/mol. The third-order valence-electron chi connectivity index (χ3n) is 2.18. The lowest BCUT2D eigenvalue weighted by Gasteiger charge is -2.03. The van der Waals surface area contributed by atoms with Crippen molar-refractivity contribution in [2.75, 3.05) is 6.54 Å². The predicted molar refractivity (Wildman–Crippen MR) is 64.9 cm³/mol. The van der Waals surface area contributed by atoms with Gasteiger partial charge in [-0.25, -0.2) is 0 Å². The molecule has 0 saturated carbocycles. The molecule has 0 unspecified atom stereocenters. The Hall–Kier alpha value is -2.17. The van der Waals surface area contributed by atoms with Crippen molar-refractivity contribution in [3.8, 4) is 0 Å². The van der Waals surface area contributed by atoms with Crippen molar-refractivity contribution in [3.63, 3.8) is 0 Å². The Morgan fingerprint density at radius 3 is 2.82 bits per heavy atom. The molecule has 5 heteroatoms. The molecule has 1 N–H and O–H groups in total. The molecule has 5 nitrogen and oxygen atoms in total. The smallest absolute Gasteiger partial charge is 0.282 e. The third kappa shape index (κ3) is 3.71. The van der Waals surface area contributed by atoms with Crippen molar-refractivity contribution in [1.29, 1.82) is 0 Å². The van der Waals surface area contributed by atoms with Gasteiger partial charge in [0.1, 0.15) is 5.56 Å². The largest absolute Gasteiger partial charge is 0.352 e.